The van der Waals surface area contributed by atoms with Crippen molar-refractivity contribution in [2.24, 2.45) is 5.14 Å². The molecular weight excluding hydrogens is 564 g/mol. The topological polar surface area (TPSA) is 139 Å². The number of nitrogens with one attached hydrogen (secondary N) is 2. The van der Waals surface area contributed by atoms with Gasteiger partial charge < -0.3 is 20.5 Å². The Balaban J connectivity index is 2.60. The maximum Gasteiger partial charge on any atom is 0.417 e. The van der Waals surface area contributed by atoms with Gasteiger partial charge in [-0.3, -0.25) is 0 Å². The molecule has 0 spiro atoms. The number of nitrogens with zero attached hydrogens (tertiary/aromatic N) is 2. The minimum atomic E-state index is -5.49. The van der Waals surface area contributed by atoms with Crippen molar-refractivity contribution in [2.75, 3.05) is 24.4 Å². The third kappa shape index (κ3) is 6.91. The van der Waals surface area contributed by atoms with Crippen molar-refractivity contribution in [1.29, 1.82) is 0 Å². The molecule has 0 saturated carbocycles. The maximum absolute atomic E-state index is 13.5. The molecule has 0 aliphatic heterocycles. The number of anilines is 3. The molecule has 0 radical (unpaired) electrons. The van der Waals surface area contributed by atoms with Gasteiger partial charge in [0.15, 0.2) is 0 Å². The summed E-state index contributed by atoms with van der Waals surface area (Å²) in [6.07, 6.45) is -10.8. The minimum Gasteiger partial charge on any atom is -0.391 e. The second-order valence-electron chi connectivity index (χ2n) is 6.90. The number of aromatic nitrogens is 2. The maximum atomic E-state index is 13.5. The van der Waals surface area contributed by atoms with E-state index in [9.17, 15) is 39.9 Å². The van der Waals surface area contributed by atoms with Crippen LogP contribution in [0.15, 0.2) is 27.7 Å². The van der Waals surface area contributed by atoms with Crippen molar-refractivity contribution >= 4 is 43.4 Å². The number of aliphatic hydroxyl groups is 1. The third-order valence-corrected chi connectivity index (χ3v) is 5.82. The molecule has 1 aromatic carbocycles. The van der Waals surface area contributed by atoms with Crippen LogP contribution in [0.5, 0.6) is 0 Å². The van der Waals surface area contributed by atoms with Gasteiger partial charge in [0.25, 0.3) is 0 Å². The lowest BCUT2D eigenvalue weighted by atomic mass is 10.1. The van der Waals surface area contributed by atoms with Crippen molar-refractivity contribution in [1.82, 2.24) is 9.97 Å². The number of sulfonamides is 1. The van der Waals surface area contributed by atoms with Crippen LogP contribution in [0.3, 0.4) is 0 Å². The second kappa shape index (κ2) is 10.2. The Bertz CT molecular complexity index is 1110. The predicted octanol–water partition coefficient (Wildman–Crippen LogP) is 3.48. The molecule has 34 heavy (non-hydrogen) atoms. The summed E-state index contributed by atoms with van der Waals surface area (Å²) in [5, 5.41) is 19.5. The zero-order valence-corrected chi connectivity index (χ0v) is 19.7. The summed E-state index contributed by atoms with van der Waals surface area (Å²) < 4.78 is 109. The van der Waals surface area contributed by atoms with Gasteiger partial charge >= 0.3 is 12.4 Å². The first-order chi connectivity index (χ1) is 15.4. The van der Waals surface area contributed by atoms with Crippen molar-refractivity contribution in [3.8, 4) is 0 Å². The highest BCUT2D eigenvalue weighted by Gasteiger charge is 2.45. The zero-order valence-electron chi connectivity index (χ0n) is 17.3. The van der Waals surface area contributed by atoms with E-state index in [0.717, 1.165) is 6.20 Å². The Morgan fingerprint density at radius 3 is 2.12 bits per heavy atom. The van der Waals surface area contributed by atoms with Crippen molar-refractivity contribution in [3.05, 3.63) is 33.9 Å². The number of methoxy groups -OCH3 is 1. The van der Waals surface area contributed by atoms with Gasteiger partial charge in [-0.05, 0) is 35.0 Å². The Kier molecular flexibility index (Phi) is 8.40. The summed E-state index contributed by atoms with van der Waals surface area (Å²) in [4.78, 5) is 5.65. The molecule has 0 bridgehead atoms. The highest BCUT2D eigenvalue weighted by Crippen LogP contribution is 2.43. The van der Waals surface area contributed by atoms with Crippen molar-refractivity contribution in [3.63, 3.8) is 0 Å². The van der Waals surface area contributed by atoms with E-state index in [1.54, 1.807) is 0 Å². The van der Waals surface area contributed by atoms with Crippen LogP contribution in [0.25, 0.3) is 0 Å². The Morgan fingerprint density at radius 2 is 1.71 bits per heavy atom. The normalized spacial score (nSPS) is 14.6. The molecule has 2 rings (SSSR count). The van der Waals surface area contributed by atoms with Gasteiger partial charge in [-0.25, -0.2) is 18.5 Å². The van der Waals surface area contributed by atoms with Crippen LogP contribution in [0.4, 0.5) is 43.8 Å². The largest absolute Gasteiger partial charge is 0.417 e. The summed E-state index contributed by atoms with van der Waals surface area (Å²) in [5.41, 5.74) is -5.03. The molecule has 0 unspecified atom stereocenters. The van der Waals surface area contributed by atoms with E-state index in [1.165, 1.54) is 14.0 Å². The van der Waals surface area contributed by atoms with E-state index in [2.05, 4.69) is 41.7 Å². The fourth-order valence-electron chi connectivity index (χ4n) is 2.74. The number of nitrogens with two attached hydrogens (primary N) is 1. The molecule has 1 aromatic heterocycles. The van der Waals surface area contributed by atoms with Crippen LogP contribution in [-0.2, 0) is 27.1 Å². The quantitative estimate of drug-likeness (QED) is 0.347. The number of ether oxygens (including phenoxy) is 1. The van der Waals surface area contributed by atoms with E-state index < -0.39 is 62.2 Å². The van der Waals surface area contributed by atoms with Gasteiger partial charge in [0.05, 0.1) is 34.4 Å². The number of primary sulfonamides is 1. The summed E-state index contributed by atoms with van der Waals surface area (Å²) in [6, 6.07) is -0.375. The molecule has 9 nitrogen and oxygen atoms in total. The number of rotatable bonds is 8. The first-order valence-electron chi connectivity index (χ1n) is 9.03. The van der Waals surface area contributed by atoms with Gasteiger partial charge in [0.1, 0.15) is 10.7 Å². The minimum absolute atomic E-state index is 0.0358. The summed E-state index contributed by atoms with van der Waals surface area (Å²) in [7, 11) is -4.03. The monoisotopic (exact) mass is 581 g/mol. The van der Waals surface area contributed by atoms with Crippen molar-refractivity contribution < 1.29 is 44.6 Å². The fourth-order valence-corrected chi connectivity index (χ4v) is 4.01. The SMILES string of the molecule is COC[C@@H](Nc1nc(Nc2cc(C(F)(F)F)c(S(N)(=O)=O)c(C(F)(F)F)c2)ncc1Br)[C@@H](C)O. The smallest absolute Gasteiger partial charge is 0.391 e. The molecule has 5 N–H and O–H groups in total. The van der Waals surface area contributed by atoms with Crippen LogP contribution >= 0.6 is 15.9 Å². The molecule has 1 heterocycles. The van der Waals surface area contributed by atoms with E-state index in [-0.39, 0.29) is 29.0 Å². The zero-order chi connectivity index (χ0) is 26.1. The molecule has 0 aliphatic rings. The highest BCUT2D eigenvalue weighted by atomic mass is 79.9. The van der Waals surface area contributed by atoms with Gasteiger partial charge in [0.2, 0.25) is 16.0 Å². The average molecular weight is 582 g/mol. The van der Waals surface area contributed by atoms with Crippen molar-refractivity contribution in [2.45, 2.75) is 36.3 Å². The molecule has 190 valence electrons. The molecular formula is C17H18BrF6N5O4S. The molecule has 0 saturated heterocycles. The van der Waals surface area contributed by atoms with Gasteiger partial charge in [0, 0.05) is 19.0 Å². The lowest BCUT2D eigenvalue weighted by Gasteiger charge is -2.22. The summed E-state index contributed by atoms with van der Waals surface area (Å²) in [6.45, 7) is 1.49. The Labute approximate surface area is 197 Å². The number of benzene rings is 1. The molecule has 0 aliphatic carbocycles. The molecule has 0 fully saturated rings. The number of alkyl halides is 6. The lowest BCUT2D eigenvalue weighted by Crippen LogP contribution is -2.36. The standard InChI is InChI=1S/C17H18BrF6N5O4S/c1-7(30)12(6-33-2)28-14-11(18)5-26-15(29-14)27-8-3-9(16(19,20)21)13(34(25,31)32)10(4-8)17(22,23)24/h3-5,7,12,30H,6H2,1-2H3,(H2,25,31,32)(H2,26,27,28,29)/t7-,12-/m1/s1. The fraction of sp³-hybridized carbons (Fsp3) is 0.412. The summed E-state index contributed by atoms with van der Waals surface area (Å²) >= 11 is 3.14. The second-order valence-corrected chi connectivity index (χ2v) is 9.26. The molecule has 2 atom stereocenters. The third-order valence-electron chi connectivity index (χ3n) is 4.24. The predicted molar refractivity (Wildman–Crippen MR) is 112 cm³/mol. The lowest BCUT2D eigenvalue weighted by molar-refractivity contribution is -0.147. The summed E-state index contributed by atoms with van der Waals surface area (Å²) in [5.74, 6) is -0.397. The van der Waals surface area contributed by atoms with E-state index >= 15 is 0 Å². The van der Waals surface area contributed by atoms with E-state index in [1.807, 2.05) is 0 Å². The van der Waals surface area contributed by atoms with E-state index in [0.29, 0.717) is 0 Å². The van der Waals surface area contributed by atoms with Crippen LogP contribution in [0, 0.1) is 0 Å². The number of hydrogen-bond donors (Lipinski definition) is 4. The number of aliphatic hydroxyl groups excluding tert-OH is 1. The van der Waals surface area contributed by atoms with Gasteiger partial charge in [-0.15, -0.1) is 0 Å². The first kappa shape index (κ1) is 28.0. The molecule has 2 aromatic rings. The van der Waals surface area contributed by atoms with E-state index in [4.69, 9.17) is 4.74 Å². The van der Waals surface area contributed by atoms with Crippen LogP contribution in [0.1, 0.15) is 18.1 Å². The first-order valence-corrected chi connectivity index (χ1v) is 11.4. The molecule has 0 amide bonds. The molecule has 17 heteroatoms. The van der Waals surface area contributed by atoms with Crippen LogP contribution in [0.2, 0.25) is 0 Å². The average Bonchev–Trinajstić information content (AvgIpc) is 2.67. The number of hydrogen-bond acceptors (Lipinski definition) is 8. The highest BCUT2D eigenvalue weighted by molar-refractivity contribution is 9.10. The Morgan fingerprint density at radius 1 is 1.18 bits per heavy atom. The van der Waals surface area contributed by atoms with Crippen LogP contribution in [-0.4, -0.2) is 49.4 Å². The van der Waals surface area contributed by atoms with Crippen LogP contribution < -0.4 is 15.8 Å². The van der Waals surface area contributed by atoms with Gasteiger partial charge in [-0.1, -0.05) is 0 Å². The van der Waals surface area contributed by atoms with Gasteiger partial charge in [-0.2, -0.15) is 31.3 Å². The number of halogens is 7. The Hall–Kier alpha value is -2.21.